The molecule has 0 radical (unpaired) electrons. The fourth-order valence-corrected chi connectivity index (χ4v) is 2.59. The van der Waals surface area contributed by atoms with E-state index in [0.717, 1.165) is 23.2 Å². The van der Waals surface area contributed by atoms with Crippen molar-refractivity contribution < 1.29 is 9.84 Å². The van der Waals surface area contributed by atoms with Gasteiger partial charge in [-0.05, 0) is 31.4 Å². The van der Waals surface area contributed by atoms with Gasteiger partial charge in [-0.2, -0.15) is 0 Å². The highest BCUT2D eigenvalue weighted by Gasteiger charge is 2.12. The van der Waals surface area contributed by atoms with E-state index in [-0.39, 0.29) is 0 Å². The summed E-state index contributed by atoms with van der Waals surface area (Å²) < 4.78 is 5.81. The van der Waals surface area contributed by atoms with Crippen LogP contribution in [0, 0.1) is 0 Å². The van der Waals surface area contributed by atoms with Crippen molar-refractivity contribution in [1.82, 2.24) is 0 Å². The van der Waals surface area contributed by atoms with Crippen LogP contribution in [-0.2, 0) is 4.74 Å². The molecule has 1 aliphatic rings. The van der Waals surface area contributed by atoms with Crippen molar-refractivity contribution in [2.45, 2.75) is 32.3 Å². The third kappa shape index (κ3) is 4.96. The molecule has 0 bridgehead atoms. The highest BCUT2D eigenvalue weighted by Crippen LogP contribution is 2.31. The second kappa shape index (κ2) is 8.09. The van der Waals surface area contributed by atoms with E-state index >= 15 is 0 Å². The van der Waals surface area contributed by atoms with Gasteiger partial charge < -0.3 is 9.84 Å². The lowest BCUT2D eigenvalue weighted by molar-refractivity contribution is 0.173. The molecule has 1 unspecified atom stereocenters. The van der Waals surface area contributed by atoms with Crippen molar-refractivity contribution in [2.24, 2.45) is 0 Å². The summed E-state index contributed by atoms with van der Waals surface area (Å²) >= 11 is 9.26. The zero-order chi connectivity index (χ0) is 12.7. The maximum atomic E-state index is 9.58. The van der Waals surface area contributed by atoms with E-state index in [9.17, 15) is 5.11 Å². The Morgan fingerprint density at radius 2 is 2.06 bits per heavy atom. The van der Waals surface area contributed by atoms with E-state index in [4.69, 9.17) is 16.3 Å². The summed E-state index contributed by atoms with van der Waals surface area (Å²) in [5.41, 5.74) is 0.779. The normalized spacial score (nSPS) is 16.2. The number of benzene rings is 1. The molecule has 0 amide bonds. The molecule has 1 heterocycles. The molecule has 0 saturated carbocycles. The second-order valence-electron chi connectivity index (χ2n) is 3.88. The zero-order valence-electron chi connectivity index (χ0n) is 9.96. The molecular formula is C13H18BrClO2. The number of ether oxygens (including phenoxy) is 1. The molecule has 17 heavy (non-hydrogen) atoms. The van der Waals surface area contributed by atoms with Crippen molar-refractivity contribution in [3.8, 4) is 0 Å². The lowest BCUT2D eigenvalue weighted by Gasteiger charge is -2.11. The predicted molar refractivity (Wildman–Crippen MR) is 74.5 cm³/mol. The first kappa shape index (κ1) is 15.0. The van der Waals surface area contributed by atoms with Gasteiger partial charge in [0.25, 0.3) is 0 Å². The van der Waals surface area contributed by atoms with Gasteiger partial charge in [0.1, 0.15) is 0 Å². The van der Waals surface area contributed by atoms with Crippen LogP contribution >= 0.6 is 27.5 Å². The Labute approximate surface area is 116 Å². The van der Waals surface area contributed by atoms with Gasteiger partial charge >= 0.3 is 0 Å². The number of aliphatic hydroxyl groups is 1. The Hall–Kier alpha value is -0.0900. The van der Waals surface area contributed by atoms with Gasteiger partial charge in [-0.1, -0.05) is 40.5 Å². The Morgan fingerprint density at radius 3 is 2.47 bits per heavy atom. The van der Waals surface area contributed by atoms with Crippen LogP contribution in [0.5, 0.6) is 0 Å². The van der Waals surface area contributed by atoms with Gasteiger partial charge in [-0.3, -0.25) is 0 Å². The molecular weight excluding hydrogens is 303 g/mol. The van der Waals surface area contributed by atoms with Crippen molar-refractivity contribution in [3.63, 3.8) is 0 Å². The SMILES string of the molecule is C1CCOC1.CCC(O)c1c(Cl)cccc1Br. The first-order valence-corrected chi connectivity index (χ1v) is 7.03. The third-order valence-corrected chi connectivity index (χ3v) is 3.57. The Morgan fingerprint density at radius 1 is 1.41 bits per heavy atom. The van der Waals surface area contributed by atoms with Crippen LogP contribution in [0.2, 0.25) is 5.02 Å². The third-order valence-electron chi connectivity index (χ3n) is 2.55. The first-order chi connectivity index (χ1) is 8.16. The highest BCUT2D eigenvalue weighted by molar-refractivity contribution is 9.10. The van der Waals surface area contributed by atoms with Crippen LogP contribution in [0.1, 0.15) is 37.9 Å². The summed E-state index contributed by atoms with van der Waals surface area (Å²) in [6, 6.07) is 5.50. The monoisotopic (exact) mass is 320 g/mol. The summed E-state index contributed by atoms with van der Waals surface area (Å²) in [4.78, 5) is 0. The molecule has 1 aliphatic heterocycles. The fourth-order valence-electron chi connectivity index (χ4n) is 1.54. The number of aliphatic hydroxyl groups excluding tert-OH is 1. The van der Waals surface area contributed by atoms with Gasteiger partial charge in [0.05, 0.1) is 6.10 Å². The molecule has 1 aromatic rings. The van der Waals surface area contributed by atoms with Gasteiger partial charge in [0.15, 0.2) is 0 Å². The van der Waals surface area contributed by atoms with Gasteiger partial charge in [0.2, 0.25) is 0 Å². The summed E-state index contributed by atoms with van der Waals surface area (Å²) in [5, 5.41) is 10.2. The van der Waals surface area contributed by atoms with E-state index in [1.807, 2.05) is 19.1 Å². The molecule has 0 aromatic heterocycles. The molecule has 1 fully saturated rings. The number of hydrogen-bond donors (Lipinski definition) is 1. The van der Waals surface area contributed by atoms with E-state index in [1.165, 1.54) is 12.8 Å². The zero-order valence-corrected chi connectivity index (χ0v) is 12.3. The van der Waals surface area contributed by atoms with Crippen LogP contribution in [0.15, 0.2) is 22.7 Å². The van der Waals surface area contributed by atoms with Crippen LogP contribution in [0.4, 0.5) is 0 Å². The van der Waals surface area contributed by atoms with E-state index in [1.54, 1.807) is 6.07 Å². The predicted octanol–water partition coefficient (Wildman–Crippen LogP) is 4.34. The molecule has 1 N–H and O–H groups in total. The molecule has 1 atom stereocenters. The van der Waals surface area contributed by atoms with Gasteiger partial charge in [-0.25, -0.2) is 0 Å². The first-order valence-electron chi connectivity index (χ1n) is 5.86. The molecule has 4 heteroatoms. The fraction of sp³-hybridized carbons (Fsp3) is 0.538. The summed E-state index contributed by atoms with van der Waals surface area (Å²) in [5.74, 6) is 0. The lowest BCUT2D eigenvalue weighted by atomic mass is 10.1. The number of rotatable bonds is 2. The van der Waals surface area contributed by atoms with Crippen LogP contribution < -0.4 is 0 Å². The summed E-state index contributed by atoms with van der Waals surface area (Å²) in [7, 11) is 0. The standard InChI is InChI=1S/C9H10BrClO.C4H8O/c1-2-8(12)9-6(10)4-3-5-7(9)11;1-2-4-5-3-1/h3-5,8,12H,2H2,1H3;1-4H2. The van der Waals surface area contributed by atoms with Crippen molar-refractivity contribution in [1.29, 1.82) is 0 Å². The molecule has 2 rings (SSSR count). The Balaban J connectivity index is 0.000000239. The minimum absolute atomic E-state index is 0.479. The highest BCUT2D eigenvalue weighted by atomic mass is 79.9. The molecule has 96 valence electrons. The van der Waals surface area contributed by atoms with Gasteiger partial charge in [-0.15, -0.1) is 0 Å². The molecule has 1 aromatic carbocycles. The quantitative estimate of drug-likeness (QED) is 0.878. The minimum Gasteiger partial charge on any atom is -0.388 e. The largest absolute Gasteiger partial charge is 0.388 e. The van der Waals surface area contributed by atoms with Crippen molar-refractivity contribution >= 4 is 27.5 Å². The molecule has 0 spiro atoms. The average molecular weight is 322 g/mol. The maximum Gasteiger partial charge on any atom is 0.0812 e. The smallest absolute Gasteiger partial charge is 0.0812 e. The summed E-state index contributed by atoms with van der Waals surface area (Å²) in [6.07, 6.45) is 2.75. The lowest BCUT2D eigenvalue weighted by Crippen LogP contribution is -1.97. The molecule has 1 saturated heterocycles. The van der Waals surface area contributed by atoms with E-state index in [0.29, 0.717) is 11.4 Å². The van der Waals surface area contributed by atoms with Crippen LogP contribution in [0.3, 0.4) is 0 Å². The summed E-state index contributed by atoms with van der Waals surface area (Å²) in [6.45, 7) is 3.92. The number of hydrogen-bond acceptors (Lipinski definition) is 2. The van der Waals surface area contributed by atoms with Crippen LogP contribution in [-0.4, -0.2) is 18.3 Å². The average Bonchev–Trinajstić information content (AvgIpc) is 2.87. The van der Waals surface area contributed by atoms with E-state index < -0.39 is 6.10 Å². The topological polar surface area (TPSA) is 29.5 Å². The molecule has 0 aliphatic carbocycles. The van der Waals surface area contributed by atoms with Crippen molar-refractivity contribution in [3.05, 3.63) is 33.3 Å². The maximum absolute atomic E-state index is 9.58. The second-order valence-corrected chi connectivity index (χ2v) is 5.14. The Kier molecular flexibility index (Phi) is 7.12. The van der Waals surface area contributed by atoms with Crippen molar-refractivity contribution in [2.75, 3.05) is 13.2 Å². The molecule has 2 nitrogen and oxygen atoms in total. The van der Waals surface area contributed by atoms with E-state index in [2.05, 4.69) is 15.9 Å². The minimum atomic E-state index is -0.479. The Bertz CT molecular complexity index is 312. The van der Waals surface area contributed by atoms with Gasteiger partial charge in [0, 0.05) is 28.3 Å². The van der Waals surface area contributed by atoms with Crippen LogP contribution in [0.25, 0.3) is 0 Å². The number of halogens is 2.